The van der Waals surface area contributed by atoms with Crippen molar-refractivity contribution in [3.63, 3.8) is 0 Å². The van der Waals surface area contributed by atoms with Crippen molar-refractivity contribution >= 4 is 17.5 Å². The molecule has 1 heterocycles. The lowest BCUT2D eigenvalue weighted by molar-refractivity contribution is -0.122. The van der Waals surface area contributed by atoms with Gasteiger partial charge in [-0.15, -0.1) is 11.6 Å². The molecular formula is C11H21ClN2O. The third-order valence-electron chi connectivity index (χ3n) is 2.99. The molecule has 2 unspecified atom stereocenters. The first-order valence-electron chi connectivity index (χ1n) is 5.67. The van der Waals surface area contributed by atoms with Crippen LogP contribution in [-0.4, -0.2) is 42.9 Å². The molecule has 0 bridgehead atoms. The summed E-state index contributed by atoms with van der Waals surface area (Å²) in [5.74, 6) is 1.26. The van der Waals surface area contributed by atoms with Crippen molar-refractivity contribution in [1.29, 1.82) is 0 Å². The Bertz CT molecular complexity index is 211. The first kappa shape index (κ1) is 12.8. The molecule has 1 aliphatic heterocycles. The van der Waals surface area contributed by atoms with E-state index in [4.69, 9.17) is 11.6 Å². The van der Waals surface area contributed by atoms with Crippen LogP contribution in [0, 0.1) is 5.92 Å². The monoisotopic (exact) mass is 232 g/mol. The lowest BCUT2D eigenvalue weighted by atomic mass is 9.94. The highest BCUT2D eigenvalue weighted by atomic mass is 35.5. The number of carbonyl (C=O) groups excluding carboxylic acids is 1. The lowest BCUT2D eigenvalue weighted by Gasteiger charge is -2.35. The molecule has 1 amide bonds. The predicted molar refractivity (Wildman–Crippen MR) is 63.2 cm³/mol. The number of amides is 1. The molecule has 0 aliphatic carbocycles. The average molecular weight is 233 g/mol. The van der Waals surface area contributed by atoms with E-state index in [-0.39, 0.29) is 5.91 Å². The summed E-state index contributed by atoms with van der Waals surface area (Å²) in [6.45, 7) is 4.34. The zero-order valence-electron chi connectivity index (χ0n) is 9.63. The number of likely N-dealkylation sites (tertiary alicyclic amines) is 1. The number of hydrogen-bond donors (Lipinski definition) is 1. The van der Waals surface area contributed by atoms with Crippen LogP contribution in [0.1, 0.15) is 26.2 Å². The highest BCUT2D eigenvalue weighted by Gasteiger charge is 2.24. The Kier molecular flexibility index (Phi) is 5.40. The molecule has 15 heavy (non-hydrogen) atoms. The van der Waals surface area contributed by atoms with Gasteiger partial charge in [0.25, 0.3) is 0 Å². The minimum absolute atomic E-state index is 0.150. The molecule has 1 fully saturated rings. The maximum Gasteiger partial charge on any atom is 0.220 e. The van der Waals surface area contributed by atoms with Crippen LogP contribution >= 0.6 is 11.6 Å². The predicted octanol–water partition coefficient (Wildman–Crippen LogP) is 1.46. The Morgan fingerprint density at radius 3 is 2.93 bits per heavy atom. The third-order valence-corrected chi connectivity index (χ3v) is 3.26. The molecule has 1 saturated heterocycles. The average Bonchev–Trinajstić information content (AvgIpc) is 2.19. The van der Waals surface area contributed by atoms with Crippen LogP contribution in [-0.2, 0) is 4.79 Å². The standard InChI is InChI=1S/C11H21ClN2O/c1-9-8-14(2)7-5-10(9)13-11(15)4-3-6-12/h9-10H,3-8H2,1-2H3,(H,13,15). The Hall–Kier alpha value is -0.280. The smallest absolute Gasteiger partial charge is 0.220 e. The molecule has 2 atom stereocenters. The molecule has 0 radical (unpaired) electrons. The van der Waals surface area contributed by atoms with Crippen molar-refractivity contribution in [2.75, 3.05) is 26.0 Å². The summed E-state index contributed by atoms with van der Waals surface area (Å²) in [6.07, 6.45) is 2.39. The summed E-state index contributed by atoms with van der Waals surface area (Å²) < 4.78 is 0. The minimum Gasteiger partial charge on any atom is -0.353 e. The van der Waals surface area contributed by atoms with Crippen LogP contribution in [0.3, 0.4) is 0 Å². The van der Waals surface area contributed by atoms with Gasteiger partial charge in [0.1, 0.15) is 0 Å². The quantitative estimate of drug-likeness (QED) is 0.745. The lowest BCUT2D eigenvalue weighted by Crippen LogP contribution is -2.48. The zero-order valence-corrected chi connectivity index (χ0v) is 10.4. The topological polar surface area (TPSA) is 32.3 Å². The number of nitrogens with one attached hydrogen (secondary N) is 1. The minimum atomic E-state index is 0.150. The van der Waals surface area contributed by atoms with Crippen molar-refractivity contribution < 1.29 is 4.79 Å². The van der Waals surface area contributed by atoms with E-state index in [1.807, 2.05) is 0 Å². The Balaban J connectivity index is 2.28. The molecule has 0 spiro atoms. The van der Waals surface area contributed by atoms with Crippen LogP contribution in [0.4, 0.5) is 0 Å². The largest absolute Gasteiger partial charge is 0.353 e. The summed E-state index contributed by atoms with van der Waals surface area (Å²) in [7, 11) is 2.13. The SMILES string of the molecule is CC1CN(C)CCC1NC(=O)CCCCl. The molecule has 4 heteroatoms. The van der Waals surface area contributed by atoms with E-state index in [0.717, 1.165) is 25.9 Å². The number of halogens is 1. The van der Waals surface area contributed by atoms with Crippen molar-refractivity contribution in [1.82, 2.24) is 10.2 Å². The number of rotatable bonds is 4. The zero-order chi connectivity index (χ0) is 11.3. The van der Waals surface area contributed by atoms with Gasteiger partial charge < -0.3 is 10.2 Å². The summed E-state index contributed by atoms with van der Waals surface area (Å²) in [5.41, 5.74) is 0. The molecule has 1 rings (SSSR count). The first-order chi connectivity index (χ1) is 7.13. The van der Waals surface area contributed by atoms with Gasteiger partial charge in [0.05, 0.1) is 0 Å². The number of nitrogens with zero attached hydrogens (tertiary/aromatic N) is 1. The fraction of sp³-hybridized carbons (Fsp3) is 0.909. The van der Waals surface area contributed by atoms with E-state index in [0.29, 0.717) is 24.3 Å². The summed E-state index contributed by atoms with van der Waals surface area (Å²) in [4.78, 5) is 13.8. The maximum atomic E-state index is 11.5. The van der Waals surface area contributed by atoms with Gasteiger partial charge in [0.15, 0.2) is 0 Å². The van der Waals surface area contributed by atoms with E-state index in [2.05, 4.69) is 24.2 Å². The Labute approximate surface area is 97.2 Å². The van der Waals surface area contributed by atoms with Crippen LogP contribution < -0.4 is 5.32 Å². The van der Waals surface area contributed by atoms with E-state index in [1.165, 1.54) is 0 Å². The van der Waals surface area contributed by atoms with Crippen LogP contribution in [0.5, 0.6) is 0 Å². The van der Waals surface area contributed by atoms with Gasteiger partial charge in [-0.05, 0) is 32.4 Å². The van der Waals surface area contributed by atoms with Crippen LogP contribution in [0.15, 0.2) is 0 Å². The fourth-order valence-corrected chi connectivity index (χ4v) is 2.21. The van der Waals surface area contributed by atoms with Gasteiger partial charge in [-0.25, -0.2) is 0 Å². The highest BCUT2D eigenvalue weighted by molar-refractivity contribution is 6.17. The molecule has 3 nitrogen and oxygen atoms in total. The molecule has 0 aromatic heterocycles. The molecule has 0 aromatic rings. The Morgan fingerprint density at radius 1 is 1.60 bits per heavy atom. The van der Waals surface area contributed by atoms with E-state index >= 15 is 0 Å². The molecule has 0 saturated carbocycles. The van der Waals surface area contributed by atoms with E-state index in [9.17, 15) is 4.79 Å². The molecule has 1 N–H and O–H groups in total. The van der Waals surface area contributed by atoms with Crippen molar-refractivity contribution in [2.45, 2.75) is 32.2 Å². The van der Waals surface area contributed by atoms with Crippen molar-refractivity contribution in [3.05, 3.63) is 0 Å². The molecule has 0 aromatic carbocycles. The van der Waals surface area contributed by atoms with Gasteiger partial charge in [-0.1, -0.05) is 6.92 Å². The van der Waals surface area contributed by atoms with E-state index < -0.39 is 0 Å². The highest BCUT2D eigenvalue weighted by Crippen LogP contribution is 2.15. The normalized spacial score (nSPS) is 27.7. The summed E-state index contributed by atoms with van der Waals surface area (Å²) in [6, 6.07) is 0.351. The summed E-state index contributed by atoms with van der Waals surface area (Å²) in [5, 5.41) is 3.10. The molecular weight excluding hydrogens is 212 g/mol. The maximum absolute atomic E-state index is 11.5. The third kappa shape index (κ3) is 4.39. The second-order valence-corrected chi connectivity index (χ2v) is 4.87. The number of carbonyl (C=O) groups is 1. The van der Waals surface area contributed by atoms with Gasteiger partial charge in [0.2, 0.25) is 5.91 Å². The van der Waals surface area contributed by atoms with Crippen LogP contribution in [0.2, 0.25) is 0 Å². The second kappa shape index (κ2) is 6.33. The number of piperidine rings is 1. The van der Waals surface area contributed by atoms with Crippen LogP contribution in [0.25, 0.3) is 0 Å². The van der Waals surface area contributed by atoms with Gasteiger partial charge in [0, 0.05) is 24.9 Å². The summed E-state index contributed by atoms with van der Waals surface area (Å²) >= 11 is 5.55. The number of hydrogen-bond acceptors (Lipinski definition) is 2. The molecule has 1 aliphatic rings. The number of alkyl halides is 1. The van der Waals surface area contributed by atoms with Crippen molar-refractivity contribution in [2.24, 2.45) is 5.92 Å². The van der Waals surface area contributed by atoms with Gasteiger partial charge >= 0.3 is 0 Å². The fourth-order valence-electron chi connectivity index (χ4n) is 2.07. The van der Waals surface area contributed by atoms with Gasteiger partial charge in [-0.2, -0.15) is 0 Å². The van der Waals surface area contributed by atoms with Crippen molar-refractivity contribution in [3.8, 4) is 0 Å². The second-order valence-electron chi connectivity index (χ2n) is 4.49. The molecule has 88 valence electrons. The Morgan fingerprint density at radius 2 is 2.33 bits per heavy atom. The first-order valence-corrected chi connectivity index (χ1v) is 6.20. The van der Waals surface area contributed by atoms with Gasteiger partial charge in [-0.3, -0.25) is 4.79 Å². The van der Waals surface area contributed by atoms with E-state index in [1.54, 1.807) is 0 Å².